The summed E-state index contributed by atoms with van der Waals surface area (Å²) in [7, 11) is -1.50. The minimum atomic E-state index is -3.27. The molecule has 2 fully saturated rings. The number of rotatable bonds is 6. The highest BCUT2D eigenvalue weighted by Crippen LogP contribution is 2.30. The van der Waals surface area contributed by atoms with Crippen molar-refractivity contribution < 1.29 is 13.2 Å². The van der Waals surface area contributed by atoms with Crippen LogP contribution >= 0.6 is 0 Å². The lowest BCUT2D eigenvalue weighted by atomic mass is 9.91. The minimum absolute atomic E-state index is 0.0205. The summed E-state index contributed by atoms with van der Waals surface area (Å²) >= 11 is 0. The lowest BCUT2D eigenvalue weighted by molar-refractivity contribution is 0.0961. The molecule has 1 aliphatic carbocycles. The van der Waals surface area contributed by atoms with Crippen LogP contribution in [0.4, 0.5) is 0 Å². The molecular weight excluding hydrogens is 326 g/mol. The van der Waals surface area contributed by atoms with E-state index in [2.05, 4.69) is 5.10 Å². The molecule has 1 aliphatic heterocycles. The van der Waals surface area contributed by atoms with Gasteiger partial charge in [-0.1, -0.05) is 19.3 Å². The van der Waals surface area contributed by atoms with Gasteiger partial charge < -0.3 is 0 Å². The number of nitrogens with zero attached hydrogens (tertiary/aromatic N) is 3. The van der Waals surface area contributed by atoms with Crippen LogP contribution in [0.25, 0.3) is 0 Å². The van der Waals surface area contributed by atoms with E-state index in [4.69, 9.17) is 0 Å². The average molecular weight is 353 g/mol. The molecule has 0 aromatic carbocycles. The first-order valence-electron chi connectivity index (χ1n) is 8.97. The van der Waals surface area contributed by atoms with Gasteiger partial charge in [-0.25, -0.2) is 8.42 Å². The fourth-order valence-electron chi connectivity index (χ4n) is 4.02. The topological polar surface area (TPSA) is 72.3 Å². The average Bonchev–Trinajstić information content (AvgIpc) is 3.17. The monoisotopic (exact) mass is 353 g/mol. The molecule has 0 amide bonds. The highest BCUT2D eigenvalue weighted by Gasteiger charge is 2.36. The second kappa shape index (κ2) is 7.35. The summed E-state index contributed by atoms with van der Waals surface area (Å²) < 4.78 is 28.9. The molecule has 2 aliphatic rings. The molecule has 0 radical (unpaired) electrons. The number of ketones is 1. The largest absolute Gasteiger partial charge is 0.294 e. The zero-order chi connectivity index (χ0) is 17.2. The van der Waals surface area contributed by atoms with Crippen LogP contribution < -0.4 is 0 Å². The Balaban J connectivity index is 1.64. The Bertz CT molecular complexity index is 677. The van der Waals surface area contributed by atoms with Crippen molar-refractivity contribution in [3.8, 4) is 0 Å². The van der Waals surface area contributed by atoms with E-state index in [0.717, 1.165) is 38.5 Å². The van der Waals surface area contributed by atoms with Gasteiger partial charge in [0.2, 0.25) is 10.0 Å². The number of hydrogen-bond acceptors (Lipinski definition) is 4. The molecule has 7 heteroatoms. The van der Waals surface area contributed by atoms with Crippen molar-refractivity contribution in [2.45, 2.75) is 57.4 Å². The first kappa shape index (κ1) is 17.6. The third kappa shape index (κ3) is 4.06. The number of carbonyl (C=O) groups is 1. The predicted octanol–water partition coefficient (Wildman–Crippen LogP) is 2.37. The summed E-state index contributed by atoms with van der Waals surface area (Å²) in [5.41, 5.74) is 0.564. The van der Waals surface area contributed by atoms with Crippen LogP contribution in [-0.2, 0) is 17.1 Å². The Morgan fingerprint density at radius 3 is 2.62 bits per heavy atom. The van der Waals surface area contributed by atoms with Gasteiger partial charge in [0.05, 0.1) is 17.5 Å². The minimum Gasteiger partial charge on any atom is -0.294 e. The van der Waals surface area contributed by atoms with E-state index < -0.39 is 10.0 Å². The van der Waals surface area contributed by atoms with Crippen molar-refractivity contribution in [2.24, 2.45) is 13.0 Å². The van der Waals surface area contributed by atoms with Gasteiger partial charge in [0.25, 0.3) is 0 Å². The van der Waals surface area contributed by atoms with Crippen LogP contribution in [0.5, 0.6) is 0 Å². The van der Waals surface area contributed by atoms with E-state index in [0.29, 0.717) is 18.0 Å². The maximum Gasteiger partial charge on any atom is 0.214 e. The van der Waals surface area contributed by atoms with Crippen molar-refractivity contribution in [1.29, 1.82) is 0 Å². The molecule has 1 saturated heterocycles. The van der Waals surface area contributed by atoms with E-state index in [1.807, 2.05) is 0 Å². The lowest BCUT2D eigenvalue weighted by Gasteiger charge is -2.27. The van der Waals surface area contributed by atoms with Crippen molar-refractivity contribution in [3.63, 3.8) is 0 Å². The highest BCUT2D eigenvalue weighted by molar-refractivity contribution is 7.89. The quantitative estimate of drug-likeness (QED) is 0.736. The Labute approximate surface area is 144 Å². The van der Waals surface area contributed by atoms with Crippen LogP contribution in [0.2, 0.25) is 0 Å². The predicted molar refractivity (Wildman–Crippen MR) is 92.2 cm³/mol. The van der Waals surface area contributed by atoms with Gasteiger partial charge in [-0.05, 0) is 31.6 Å². The summed E-state index contributed by atoms with van der Waals surface area (Å²) in [4.78, 5) is 12.4. The molecular formula is C17H27N3O3S. The molecule has 0 bridgehead atoms. The highest BCUT2D eigenvalue weighted by atomic mass is 32.2. The molecule has 24 heavy (non-hydrogen) atoms. The third-order valence-electron chi connectivity index (χ3n) is 5.30. The summed E-state index contributed by atoms with van der Waals surface area (Å²) in [6.07, 6.45) is 10.7. The van der Waals surface area contributed by atoms with Gasteiger partial charge in [0.1, 0.15) is 0 Å². The molecule has 1 saturated carbocycles. The zero-order valence-corrected chi connectivity index (χ0v) is 15.2. The van der Waals surface area contributed by atoms with Gasteiger partial charge >= 0.3 is 0 Å². The van der Waals surface area contributed by atoms with Gasteiger partial charge in [0, 0.05) is 32.3 Å². The van der Waals surface area contributed by atoms with Crippen molar-refractivity contribution >= 4 is 15.8 Å². The van der Waals surface area contributed by atoms with Gasteiger partial charge in [-0.15, -0.1) is 0 Å². The first-order chi connectivity index (χ1) is 11.5. The smallest absolute Gasteiger partial charge is 0.214 e. The molecule has 0 spiro atoms. The summed E-state index contributed by atoms with van der Waals surface area (Å²) in [6.45, 7) is 0.556. The number of carbonyl (C=O) groups excluding carboxylic acids is 1. The number of sulfonamides is 1. The van der Waals surface area contributed by atoms with E-state index in [-0.39, 0.29) is 24.0 Å². The molecule has 3 rings (SSSR count). The zero-order valence-electron chi connectivity index (χ0n) is 14.4. The van der Waals surface area contributed by atoms with E-state index >= 15 is 0 Å². The molecule has 1 aromatic heterocycles. The van der Waals surface area contributed by atoms with Crippen molar-refractivity contribution in [3.05, 3.63) is 18.0 Å². The number of aryl methyl sites for hydroxylation is 1. The van der Waals surface area contributed by atoms with Crippen LogP contribution in [0.15, 0.2) is 12.4 Å². The van der Waals surface area contributed by atoms with Crippen LogP contribution in [0.3, 0.4) is 0 Å². The Kier molecular flexibility index (Phi) is 5.39. The van der Waals surface area contributed by atoms with Crippen molar-refractivity contribution in [2.75, 3.05) is 12.3 Å². The van der Waals surface area contributed by atoms with E-state index in [9.17, 15) is 13.2 Å². The molecule has 1 atom stereocenters. The van der Waals surface area contributed by atoms with E-state index in [1.54, 1.807) is 28.4 Å². The van der Waals surface area contributed by atoms with E-state index in [1.165, 1.54) is 6.42 Å². The summed E-state index contributed by atoms with van der Waals surface area (Å²) in [6, 6.07) is -0.189. The molecule has 2 heterocycles. The summed E-state index contributed by atoms with van der Waals surface area (Å²) in [5, 5.41) is 4.02. The third-order valence-corrected chi connectivity index (χ3v) is 7.39. The normalized spacial score (nSPS) is 23.6. The lowest BCUT2D eigenvalue weighted by Crippen LogP contribution is -2.40. The number of hydrogen-bond donors (Lipinski definition) is 0. The second-order valence-corrected chi connectivity index (χ2v) is 9.19. The van der Waals surface area contributed by atoms with Crippen LogP contribution in [0.1, 0.15) is 61.7 Å². The SMILES string of the molecule is Cn1cc(C(=O)C[C@H]2CCCN2S(=O)(=O)CC2CCCCC2)cn1. The molecule has 134 valence electrons. The standard InChI is InChI=1S/C17H27N3O3S/c1-19-12-15(11-18-19)17(21)10-16-8-5-9-20(16)24(22,23)13-14-6-3-2-4-7-14/h11-12,14,16H,2-10,13H2,1H3/t16-/m1/s1. The Morgan fingerprint density at radius 2 is 1.96 bits per heavy atom. The summed E-state index contributed by atoms with van der Waals surface area (Å²) in [5.74, 6) is 0.525. The fourth-order valence-corrected chi connectivity index (χ4v) is 6.19. The molecule has 6 nitrogen and oxygen atoms in total. The first-order valence-corrected chi connectivity index (χ1v) is 10.6. The maximum absolute atomic E-state index is 12.8. The van der Waals surface area contributed by atoms with Crippen LogP contribution in [0, 0.1) is 5.92 Å². The van der Waals surface area contributed by atoms with Gasteiger partial charge in [0.15, 0.2) is 5.78 Å². The molecule has 1 aromatic rings. The van der Waals surface area contributed by atoms with Crippen LogP contribution in [-0.4, -0.2) is 46.6 Å². The van der Waals surface area contributed by atoms with Gasteiger partial charge in [-0.2, -0.15) is 9.40 Å². The number of aromatic nitrogens is 2. The Morgan fingerprint density at radius 1 is 1.21 bits per heavy atom. The number of Topliss-reactive ketones (excluding diaryl/α,β-unsaturated/α-hetero) is 1. The fraction of sp³-hybridized carbons (Fsp3) is 0.765. The van der Waals surface area contributed by atoms with Crippen molar-refractivity contribution in [1.82, 2.24) is 14.1 Å². The second-order valence-electron chi connectivity index (χ2n) is 7.22. The van der Waals surface area contributed by atoms with Gasteiger partial charge in [-0.3, -0.25) is 9.48 Å². The molecule has 0 N–H and O–H groups in total. The molecule has 0 unspecified atom stereocenters. The maximum atomic E-state index is 12.8. The Hall–Kier alpha value is -1.21.